The van der Waals surface area contributed by atoms with Gasteiger partial charge in [-0.2, -0.15) is 0 Å². The summed E-state index contributed by atoms with van der Waals surface area (Å²) in [6, 6.07) is 8.14. The van der Waals surface area contributed by atoms with E-state index in [1.807, 2.05) is 26.0 Å². The molecule has 1 aromatic rings. The number of hydrogen-bond donors (Lipinski definition) is 2. The maximum absolute atomic E-state index is 12.4. The molecule has 0 aliphatic rings. The van der Waals surface area contributed by atoms with Crippen LogP contribution in [0.2, 0.25) is 0 Å². The molecule has 1 rings (SSSR count). The smallest absolute Gasteiger partial charge is 0.231 e. The van der Waals surface area contributed by atoms with Crippen molar-refractivity contribution in [3.8, 4) is 0 Å². The Hall–Kier alpha value is -1.35. The quantitative estimate of drug-likeness (QED) is 0.760. The summed E-state index contributed by atoms with van der Waals surface area (Å²) in [6.45, 7) is 6.62. The Balaban J connectivity index is 2.70. The molecule has 0 aromatic heterocycles. The van der Waals surface area contributed by atoms with Crippen LogP contribution >= 0.6 is 0 Å². The van der Waals surface area contributed by atoms with E-state index in [2.05, 4.69) is 24.4 Å². The summed E-state index contributed by atoms with van der Waals surface area (Å²) in [7, 11) is 0. The molecule has 0 radical (unpaired) electrons. The third-order valence-electron chi connectivity index (χ3n) is 4.26. The molecule has 0 atom stereocenters. The van der Waals surface area contributed by atoms with Crippen molar-refractivity contribution < 1.29 is 4.79 Å². The molecule has 0 bridgehead atoms. The first-order valence-electron chi connectivity index (χ1n) is 7.72. The number of benzene rings is 1. The van der Waals surface area contributed by atoms with E-state index in [1.54, 1.807) is 0 Å². The fourth-order valence-corrected chi connectivity index (χ4v) is 2.35. The third kappa shape index (κ3) is 4.07. The lowest BCUT2D eigenvalue weighted by atomic mass is 9.81. The van der Waals surface area contributed by atoms with Crippen molar-refractivity contribution in [1.82, 2.24) is 0 Å². The van der Waals surface area contributed by atoms with Crippen LogP contribution in [0, 0.1) is 5.41 Å². The highest BCUT2D eigenvalue weighted by Crippen LogP contribution is 2.27. The van der Waals surface area contributed by atoms with Gasteiger partial charge in [-0.3, -0.25) is 4.79 Å². The minimum atomic E-state index is -0.444. The van der Waals surface area contributed by atoms with E-state index < -0.39 is 5.41 Å². The van der Waals surface area contributed by atoms with Crippen molar-refractivity contribution in [1.29, 1.82) is 0 Å². The van der Waals surface area contributed by atoms with Crippen LogP contribution < -0.4 is 11.1 Å². The molecule has 0 aliphatic heterocycles. The van der Waals surface area contributed by atoms with Crippen molar-refractivity contribution >= 4 is 11.6 Å². The predicted octanol–water partition coefficient (Wildman–Crippen LogP) is 3.73. The molecule has 0 saturated carbocycles. The standard InChI is InChI=1S/C17H28N2O/c1-4-7-8-14-9-11-15(12-10-14)19-16(20)17(5-2,6-3)13-18/h9-12H,4-8,13,18H2,1-3H3,(H,19,20). The molecule has 0 aliphatic carbocycles. The second-order valence-electron chi connectivity index (χ2n) is 5.45. The van der Waals surface area contributed by atoms with E-state index >= 15 is 0 Å². The molecule has 1 amide bonds. The molecule has 0 unspecified atom stereocenters. The van der Waals surface area contributed by atoms with Gasteiger partial charge in [0.2, 0.25) is 5.91 Å². The predicted molar refractivity (Wildman–Crippen MR) is 85.8 cm³/mol. The van der Waals surface area contributed by atoms with Crippen LogP contribution in [0.1, 0.15) is 52.0 Å². The van der Waals surface area contributed by atoms with E-state index in [9.17, 15) is 4.79 Å². The van der Waals surface area contributed by atoms with Gasteiger partial charge in [0, 0.05) is 12.2 Å². The topological polar surface area (TPSA) is 55.1 Å². The Morgan fingerprint density at radius 1 is 1.15 bits per heavy atom. The number of unbranched alkanes of at least 4 members (excludes halogenated alkanes) is 1. The maximum atomic E-state index is 12.4. The molecular formula is C17H28N2O. The summed E-state index contributed by atoms with van der Waals surface area (Å²) >= 11 is 0. The van der Waals surface area contributed by atoms with Crippen LogP contribution in [0.25, 0.3) is 0 Å². The zero-order valence-electron chi connectivity index (χ0n) is 13.0. The van der Waals surface area contributed by atoms with Crippen LogP contribution in [0.4, 0.5) is 5.69 Å². The number of nitrogens with one attached hydrogen (secondary N) is 1. The zero-order valence-corrected chi connectivity index (χ0v) is 13.0. The van der Waals surface area contributed by atoms with Crippen LogP contribution in [0.3, 0.4) is 0 Å². The van der Waals surface area contributed by atoms with Crippen LogP contribution in [-0.2, 0) is 11.2 Å². The molecule has 3 N–H and O–H groups in total. The fourth-order valence-electron chi connectivity index (χ4n) is 2.35. The van der Waals surface area contributed by atoms with E-state index in [-0.39, 0.29) is 5.91 Å². The number of anilines is 1. The van der Waals surface area contributed by atoms with Gasteiger partial charge < -0.3 is 11.1 Å². The van der Waals surface area contributed by atoms with Gasteiger partial charge in [-0.25, -0.2) is 0 Å². The molecule has 0 saturated heterocycles. The Kier molecular flexibility index (Phi) is 6.73. The van der Waals surface area contributed by atoms with E-state index in [1.165, 1.54) is 18.4 Å². The Bertz CT molecular complexity index is 399. The minimum absolute atomic E-state index is 0.0336. The third-order valence-corrected chi connectivity index (χ3v) is 4.26. The zero-order chi connectivity index (χ0) is 15.0. The normalized spacial score (nSPS) is 11.4. The molecule has 112 valence electrons. The first-order chi connectivity index (χ1) is 9.61. The van der Waals surface area contributed by atoms with Crippen molar-refractivity contribution in [2.75, 3.05) is 11.9 Å². The van der Waals surface area contributed by atoms with Gasteiger partial charge in [0.25, 0.3) is 0 Å². The van der Waals surface area contributed by atoms with Crippen molar-refractivity contribution in [3.05, 3.63) is 29.8 Å². The number of aryl methyl sites for hydroxylation is 1. The van der Waals surface area contributed by atoms with Crippen LogP contribution in [0.15, 0.2) is 24.3 Å². The highest BCUT2D eigenvalue weighted by atomic mass is 16.2. The van der Waals surface area contributed by atoms with Gasteiger partial charge in [0.05, 0.1) is 5.41 Å². The summed E-state index contributed by atoms with van der Waals surface area (Å²) in [4.78, 5) is 12.4. The second kappa shape index (κ2) is 8.05. The molecule has 0 fully saturated rings. The monoisotopic (exact) mass is 276 g/mol. The fraction of sp³-hybridized carbons (Fsp3) is 0.588. The summed E-state index contributed by atoms with van der Waals surface area (Å²) in [5.41, 5.74) is 7.53. The molecular weight excluding hydrogens is 248 g/mol. The SMILES string of the molecule is CCCCc1ccc(NC(=O)C(CC)(CC)CN)cc1. The summed E-state index contributed by atoms with van der Waals surface area (Å²) in [5, 5.41) is 3.00. The van der Waals surface area contributed by atoms with Crippen molar-refractivity contribution in [3.63, 3.8) is 0 Å². The molecule has 3 nitrogen and oxygen atoms in total. The summed E-state index contributed by atoms with van der Waals surface area (Å²) in [5.74, 6) is 0.0336. The molecule has 3 heteroatoms. The second-order valence-corrected chi connectivity index (χ2v) is 5.45. The van der Waals surface area contributed by atoms with Crippen LogP contribution in [-0.4, -0.2) is 12.5 Å². The average Bonchev–Trinajstić information content (AvgIpc) is 2.49. The number of amides is 1. The van der Waals surface area contributed by atoms with Gasteiger partial charge in [-0.15, -0.1) is 0 Å². The van der Waals surface area contributed by atoms with E-state index in [0.717, 1.165) is 24.9 Å². The van der Waals surface area contributed by atoms with E-state index in [4.69, 9.17) is 5.73 Å². The Morgan fingerprint density at radius 2 is 1.75 bits per heavy atom. The largest absolute Gasteiger partial charge is 0.329 e. The average molecular weight is 276 g/mol. The number of nitrogens with two attached hydrogens (primary N) is 1. The lowest BCUT2D eigenvalue weighted by Crippen LogP contribution is -2.41. The molecule has 20 heavy (non-hydrogen) atoms. The highest BCUT2D eigenvalue weighted by Gasteiger charge is 2.33. The molecule has 0 heterocycles. The van der Waals surface area contributed by atoms with Crippen LogP contribution in [0.5, 0.6) is 0 Å². The first-order valence-corrected chi connectivity index (χ1v) is 7.72. The number of carbonyl (C=O) groups excluding carboxylic acids is 1. The number of carbonyl (C=O) groups is 1. The molecule has 0 spiro atoms. The first kappa shape index (κ1) is 16.7. The van der Waals surface area contributed by atoms with Gasteiger partial charge >= 0.3 is 0 Å². The lowest BCUT2D eigenvalue weighted by Gasteiger charge is -2.28. The summed E-state index contributed by atoms with van der Waals surface area (Å²) in [6.07, 6.45) is 5.03. The van der Waals surface area contributed by atoms with E-state index in [0.29, 0.717) is 6.54 Å². The number of hydrogen-bond acceptors (Lipinski definition) is 2. The summed E-state index contributed by atoms with van der Waals surface area (Å²) < 4.78 is 0. The maximum Gasteiger partial charge on any atom is 0.231 e. The van der Waals surface area contributed by atoms with Gasteiger partial charge in [-0.05, 0) is 43.4 Å². The molecule has 1 aromatic carbocycles. The number of rotatable bonds is 8. The lowest BCUT2D eigenvalue weighted by molar-refractivity contribution is -0.125. The Morgan fingerprint density at radius 3 is 2.20 bits per heavy atom. The van der Waals surface area contributed by atoms with Crippen molar-refractivity contribution in [2.24, 2.45) is 11.1 Å². The minimum Gasteiger partial charge on any atom is -0.329 e. The highest BCUT2D eigenvalue weighted by molar-refractivity contribution is 5.95. The van der Waals surface area contributed by atoms with Gasteiger partial charge in [0.1, 0.15) is 0 Å². The van der Waals surface area contributed by atoms with Crippen molar-refractivity contribution in [2.45, 2.75) is 52.9 Å². The Labute approximate surface area is 122 Å². The van der Waals surface area contributed by atoms with Gasteiger partial charge in [-0.1, -0.05) is 39.3 Å². The van der Waals surface area contributed by atoms with Gasteiger partial charge in [0.15, 0.2) is 0 Å².